The van der Waals surface area contributed by atoms with Crippen LogP contribution >= 0.6 is 0 Å². The SMILES string of the molecule is CN=C(NCc1ccc(CN2CCCC2=O)cc1)NCc1cccc(F)c1. The molecule has 1 aliphatic heterocycles. The van der Waals surface area contributed by atoms with Crippen LogP contribution in [0.1, 0.15) is 29.5 Å². The first-order valence-electron chi connectivity index (χ1n) is 9.18. The lowest BCUT2D eigenvalue weighted by Crippen LogP contribution is -2.36. The molecule has 5 nitrogen and oxygen atoms in total. The van der Waals surface area contributed by atoms with Crippen LogP contribution in [0.5, 0.6) is 0 Å². The maximum absolute atomic E-state index is 13.2. The highest BCUT2D eigenvalue weighted by atomic mass is 19.1. The number of hydrogen-bond acceptors (Lipinski definition) is 2. The van der Waals surface area contributed by atoms with Crippen LogP contribution in [0, 0.1) is 5.82 Å². The Morgan fingerprint density at radius 2 is 1.78 bits per heavy atom. The van der Waals surface area contributed by atoms with Gasteiger partial charge in [0.15, 0.2) is 5.96 Å². The number of amides is 1. The van der Waals surface area contributed by atoms with Crippen molar-refractivity contribution in [2.45, 2.75) is 32.5 Å². The zero-order chi connectivity index (χ0) is 19.1. The number of carbonyl (C=O) groups is 1. The fourth-order valence-corrected chi connectivity index (χ4v) is 3.09. The Morgan fingerprint density at radius 3 is 2.41 bits per heavy atom. The van der Waals surface area contributed by atoms with Crippen LogP contribution in [-0.2, 0) is 24.4 Å². The third-order valence-corrected chi connectivity index (χ3v) is 4.60. The van der Waals surface area contributed by atoms with Gasteiger partial charge in [-0.1, -0.05) is 36.4 Å². The molecule has 2 aromatic rings. The van der Waals surface area contributed by atoms with E-state index >= 15 is 0 Å². The second-order valence-electron chi connectivity index (χ2n) is 6.64. The Morgan fingerprint density at radius 1 is 1.07 bits per heavy atom. The maximum Gasteiger partial charge on any atom is 0.222 e. The summed E-state index contributed by atoms with van der Waals surface area (Å²) in [6.45, 7) is 2.67. The average Bonchev–Trinajstić information content (AvgIpc) is 3.08. The van der Waals surface area contributed by atoms with Crippen molar-refractivity contribution in [3.8, 4) is 0 Å². The molecule has 0 radical (unpaired) electrons. The summed E-state index contributed by atoms with van der Waals surface area (Å²) in [5, 5.41) is 6.43. The van der Waals surface area contributed by atoms with E-state index in [4.69, 9.17) is 0 Å². The lowest BCUT2D eigenvalue weighted by atomic mass is 10.1. The molecule has 2 N–H and O–H groups in total. The molecule has 0 aliphatic carbocycles. The number of nitrogens with one attached hydrogen (secondary N) is 2. The predicted octanol–water partition coefficient (Wildman–Crippen LogP) is 2.81. The van der Waals surface area contributed by atoms with E-state index in [0.717, 1.165) is 29.7 Å². The third-order valence-electron chi connectivity index (χ3n) is 4.60. The molecule has 0 spiro atoms. The topological polar surface area (TPSA) is 56.7 Å². The fourth-order valence-electron chi connectivity index (χ4n) is 3.09. The summed E-state index contributed by atoms with van der Waals surface area (Å²) in [5.74, 6) is 0.660. The summed E-state index contributed by atoms with van der Waals surface area (Å²) in [4.78, 5) is 17.8. The minimum Gasteiger partial charge on any atom is -0.352 e. The van der Waals surface area contributed by atoms with Gasteiger partial charge in [-0.05, 0) is 35.2 Å². The number of benzene rings is 2. The van der Waals surface area contributed by atoms with Crippen LogP contribution in [-0.4, -0.2) is 30.4 Å². The fraction of sp³-hybridized carbons (Fsp3) is 0.333. The molecule has 0 bridgehead atoms. The van der Waals surface area contributed by atoms with E-state index in [1.165, 1.54) is 12.1 Å². The summed E-state index contributed by atoms with van der Waals surface area (Å²) in [5.41, 5.74) is 3.13. The largest absolute Gasteiger partial charge is 0.352 e. The molecule has 2 aromatic carbocycles. The van der Waals surface area contributed by atoms with Crippen molar-refractivity contribution in [1.82, 2.24) is 15.5 Å². The molecule has 0 unspecified atom stereocenters. The minimum absolute atomic E-state index is 0.243. The molecule has 6 heteroatoms. The molecular weight excluding hydrogens is 343 g/mol. The van der Waals surface area contributed by atoms with Gasteiger partial charge in [-0.15, -0.1) is 0 Å². The van der Waals surface area contributed by atoms with E-state index in [9.17, 15) is 9.18 Å². The highest BCUT2D eigenvalue weighted by molar-refractivity contribution is 5.79. The molecule has 1 fully saturated rings. The molecule has 1 heterocycles. The van der Waals surface area contributed by atoms with E-state index in [1.54, 1.807) is 13.1 Å². The number of hydrogen-bond donors (Lipinski definition) is 2. The smallest absolute Gasteiger partial charge is 0.222 e. The molecule has 1 saturated heterocycles. The van der Waals surface area contributed by atoms with Gasteiger partial charge in [-0.25, -0.2) is 4.39 Å². The normalized spacial score (nSPS) is 14.5. The summed E-state index contributed by atoms with van der Waals surface area (Å²) in [6, 6.07) is 14.7. The van der Waals surface area contributed by atoms with Crippen molar-refractivity contribution in [2.24, 2.45) is 4.99 Å². The summed E-state index contributed by atoms with van der Waals surface area (Å²) in [7, 11) is 1.71. The van der Waals surface area contributed by atoms with Gasteiger partial charge < -0.3 is 15.5 Å². The van der Waals surface area contributed by atoms with Gasteiger partial charge in [0.05, 0.1) is 0 Å². The van der Waals surface area contributed by atoms with Gasteiger partial charge in [-0.3, -0.25) is 9.79 Å². The van der Waals surface area contributed by atoms with Crippen molar-refractivity contribution < 1.29 is 9.18 Å². The first-order valence-corrected chi connectivity index (χ1v) is 9.18. The Hall–Kier alpha value is -2.89. The summed E-state index contributed by atoms with van der Waals surface area (Å²) < 4.78 is 13.2. The molecule has 142 valence electrons. The zero-order valence-corrected chi connectivity index (χ0v) is 15.5. The maximum atomic E-state index is 13.2. The van der Waals surface area contributed by atoms with Crippen LogP contribution < -0.4 is 10.6 Å². The number of guanidine groups is 1. The number of rotatable bonds is 6. The lowest BCUT2D eigenvalue weighted by molar-refractivity contribution is -0.128. The molecule has 27 heavy (non-hydrogen) atoms. The van der Waals surface area contributed by atoms with E-state index in [2.05, 4.69) is 39.9 Å². The number of carbonyl (C=O) groups excluding carboxylic acids is 1. The van der Waals surface area contributed by atoms with Crippen molar-refractivity contribution in [3.63, 3.8) is 0 Å². The van der Waals surface area contributed by atoms with E-state index in [1.807, 2.05) is 11.0 Å². The van der Waals surface area contributed by atoms with Gasteiger partial charge >= 0.3 is 0 Å². The number of aliphatic imine (C=N–C) groups is 1. The van der Waals surface area contributed by atoms with Crippen molar-refractivity contribution in [1.29, 1.82) is 0 Å². The van der Waals surface area contributed by atoms with Crippen LogP contribution in [0.4, 0.5) is 4.39 Å². The molecule has 0 atom stereocenters. The van der Waals surface area contributed by atoms with Gasteiger partial charge in [-0.2, -0.15) is 0 Å². The second kappa shape index (κ2) is 9.16. The average molecular weight is 368 g/mol. The zero-order valence-electron chi connectivity index (χ0n) is 15.5. The summed E-state index contributed by atoms with van der Waals surface area (Å²) >= 11 is 0. The number of likely N-dealkylation sites (tertiary alicyclic amines) is 1. The Labute approximate surface area is 159 Å². The first-order chi connectivity index (χ1) is 13.1. The van der Waals surface area contributed by atoms with Gasteiger partial charge in [0.1, 0.15) is 5.82 Å². The first kappa shape index (κ1) is 18.9. The van der Waals surface area contributed by atoms with Crippen LogP contribution in [0.15, 0.2) is 53.5 Å². The van der Waals surface area contributed by atoms with Crippen LogP contribution in [0.2, 0.25) is 0 Å². The van der Waals surface area contributed by atoms with Gasteiger partial charge in [0.25, 0.3) is 0 Å². The highest BCUT2D eigenvalue weighted by Crippen LogP contribution is 2.14. The molecule has 3 rings (SSSR count). The van der Waals surface area contributed by atoms with Gasteiger partial charge in [0, 0.05) is 39.6 Å². The number of nitrogens with zero attached hydrogens (tertiary/aromatic N) is 2. The standard InChI is InChI=1S/C21H25FN4O/c1-23-21(25-14-18-4-2-5-19(22)12-18)24-13-16-7-9-17(10-8-16)15-26-11-3-6-20(26)27/h2,4-5,7-10,12H,3,6,11,13-15H2,1H3,(H2,23,24,25). The van der Waals surface area contributed by atoms with E-state index in [0.29, 0.717) is 32.0 Å². The molecular formula is C21H25FN4O. The molecule has 0 saturated carbocycles. The second-order valence-corrected chi connectivity index (χ2v) is 6.64. The predicted molar refractivity (Wildman–Crippen MR) is 105 cm³/mol. The third kappa shape index (κ3) is 5.54. The van der Waals surface area contributed by atoms with Crippen LogP contribution in [0.25, 0.3) is 0 Å². The van der Waals surface area contributed by atoms with Gasteiger partial charge in [0.2, 0.25) is 5.91 Å². The lowest BCUT2D eigenvalue weighted by Gasteiger charge is -2.16. The monoisotopic (exact) mass is 368 g/mol. The Kier molecular flexibility index (Phi) is 6.41. The van der Waals surface area contributed by atoms with Crippen molar-refractivity contribution in [3.05, 3.63) is 71.0 Å². The summed E-state index contributed by atoms with van der Waals surface area (Å²) in [6.07, 6.45) is 1.63. The van der Waals surface area contributed by atoms with Crippen molar-refractivity contribution in [2.75, 3.05) is 13.6 Å². The molecule has 1 amide bonds. The highest BCUT2D eigenvalue weighted by Gasteiger charge is 2.19. The molecule has 0 aromatic heterocycles. The van der Waals surface area contributed by atoms with E-state index in [-0.39, 0.29) is 11.7 Å². The van der Waals surface area contributed by atoms with Crippen LogP contribution in [0.3, 0.4) is 0 Å². The molecule has 1 aliphatic rings. The number of halogens is 1. The minimum atomic E-state index is -0.243. The quantitative estimate of drug-likeness (QED) is 0.609. The van der Waals surface area contributed by atoms with E-state index < -0.39 is 0 Å². The Balaban J connectivity index is 1.47. The van der Waals surface area contributed by atoms with Crippen molar-refractivity contribution >= 4 is 11.9 Å². The Bertz CT molecular complexity index is 804.